The van der Waals surface area contributed by atoms with Crippen LogP contribution in [0.4, 0.5) is 5.95 Å². The van der Waals surface area contributed by atoms with Crippen LogP contribution in [0.1, 0.15) is 31.2 Å². The average Bonchev–Trinajstić information content (AvgIpc) is 3.17. The lowest BCUT2D eigenvalue weighted by Crippen LogP contribution is -2.45. The van der Waals surface area contributed by atoms with Gasteiger partial charge in [0.15, 0.2) is 0 Å². The standard InChI is InChI=1S/C27H33N5O2/c33-25(12-11-21-7-2-1-3-8-21)30-17-13-22(14-18-30)26(34)31-15-6-16-32(20-19-31)27-28-23-9-4-5-10-24(23)29-27/h1-5,7-10,22H,6,11-20H2,(H,28,29). The van der Waals surface area contributed by atoms with Crippen LogP contribution in [-0.2, 0) is 16.0 Å². The number of aryl methyl sites for hydroxylation is 1. The van der Waals surface area contributed by atoms with Gasteiger partial charge in [0.1, 0.15) is 0 Å². The second-order valence-corrected chi connectivity index (χ2v) is 9.38. The van der Waals surface area contributed by atoms with Crippen molar-refractivity contribution in [3.05, 3.63) is 60.2 Å². The Morgan fingerprint density at radius 3 is 2.41 bits per heavy atom. The lowest BCUT2D eigenvalue weighted by Gasteiger charge is -2.34. The van der Waals surface area contributed by atoms with E-state index in [1.165, 1.54) is 5.56 Å². The smallest absolute Gasteiger partial charge is 0.225 e. The Hall–Kier alpha value is -3.35. The molecule has 34 heavy (non-hydrogen) atoms. The van der Waals surface area contributed by atoms with Crippen LogP contribution in [0.15, 0.2) is 54.6 Å². The van der Waals surface area contributed by atoms with E-state index in [0.717, 1.165) is 62.3 Å². The molecule has 2 saturated heterocycles. The Balaban J connectivity index is 1.10. The highest BCUT2D eigenvalue weighted by Crippen LogP contribution is 2.23. The topological polar surface area (TPSA) is 72.5 Å². The fourth-order valence-corrected chi connectivity index (χ4v) is 5.13. The van der Waals surface area contributed by atoms with Crippen molar-refractivity contribution < 1.29 is 9.59 Å². The fraction of sp³-hybridized carbons (Fsp3) is 0.444. The molecule has 5 rings (SSSR count). The van der Waals surface area contributed by atoms with Crippen LogP contribution in [0.3, 0.4) is 0 Å². The first-order chi connectivity index (χ1) is 16.7. The molecule has 0 spiro atoms. The Labute approximate surface area is 200 Å². The first kappa shape index (κ1) is 22.4. The molecule has 3 aromatic rings. The van der Waals surface area contributed by atoms with Crippen molar-refractivity contribution in [2.75, 3.05) is 44.2 Å². The number of H-pyrrole nitrogens is 1. The molecule has 0 aliphatic carbocycles. The van der Waals surface area contributed by atoms with Gasteiger partial charge >= 0.3 is 0 Å². The highest BCUT2D eigenvalue weighted by Gasteiger charge is 2.31. The second kappa shape index (κ2) is 10.3. The minimum absolute atomic E-state index is 0.0240. The fourth-order valence-electron chi connectivity index (χ4n) is 5.13. The molecule has 7 nitrogen and oxygen atoms in total. The summed E-state index contributed by atoms with van der Waals surface area (Å²) in [6, 6.07) is 18.2. The number of piperidine rings is 1. The molecule has 2 aliphatic heterocycles. The number of amides is 2. The van der Waals surface area contributed by atoms with Crippen LogP contribution < -0.4 is 4.90 Å². The van der Waals surface area contributed by atoms with Crippen LogP contribution in [-0.4, -0.2) is 70.9 Å². The number of imidazole rings is 1. The van der Waals surface area contributed by atoms with Crippen LogP contribution in [0.25, 0.3) is 11.0 Å². The number of anilines is 1. The van der Waals surface area contributed by atoms with Gasteiger partial charge < -0.3 is 19.7 Å². The van der Waals surface area contributed by atoms with Gasteiger partial charge in [-0.1, -0.05) is 42.5 Å². The van der Waals surface area contributed by atoms with E-state index in [2.05, 4.69) is 22.0 Å². The highest BCUT2D eigenvalue weighted by atomic mass is 16.2. The molecule has 0 atom stereocenters. The Morgan fingerprint density at radius 2 is 1.62 bits per heavy atom. The lowest BCUT2D eigenvalue weighted by atomic mass is 9.94. The molecule has 0 radical (unpaired) electrons. The quantitative estimate of drug-likeness (QED) is 0.634. The number of fused-ring (bicyclic) bond motifs is 1. The molecule has 1 aromatic heterocycles. The zero-order chi connectivity index (χ0) is 23.3. The molecule has 0 unspecified atom stereocenters. The number of carbonyl (C=O) groups excluding carboxylic acids is 2. The van der Waals surface area contributed by atoms with Gasteiger partial charge in [-0.2, -0.15) is 0 Å². The Kier molecular flexibility index (Phi) is 6.79. The van der Waals surface area contributed by atoms with E-state index in [9.17, 15) is 9.59 Å². The molecule has 178 valence electrons. The molecule has 3 heterocycles. The molecule has 1 N–H and O–H groups in total. The third-order valence-corrected chi connectivity index (χ3v) is 7.15. The average molecular weight is 460 g/mol. The summed E-state index contributed by atoms with van der Waals surface area (Å²) >= 11 is 0. The van der Waals surface area contributed by atoms with Crippen molar-refractivity contribution in [3.63, 3.8) is 0 Å². The molecule has 0 bridgehead atoms. The maximum Gasteiger partial charge on any atom is 0.225 e. The maximum absolute atomic E-state index is 13.3. The van der Waals surface area contributed by atoms with Crippen molar-refractivity contribution in [2.45, 2.75) is 32.1 Å². The molecular formula is C27H33N5O2. The second-order valence-electron chi connectivity index (χ2n) is 9.38. The molecular weight excluding hydrogens is 426 g/mol. The normalized spacial score (nSPS) is 17.7. The van der Waals surface area contributed by atoms with Crippen LogP contribution >= 0.6 is 0 Å². The monoisotopic (exact) mass is 459 g/mol. The van der Waals surface area contributed by atoms with Crippen LogP contribution in [0.2, 0.25) is 0 Å². The zero-order valence-electron chi connectivity index (χ0n) is 19.7. The minimum Gasteiger partial charge on any atom is -0.343 e. The SMILES string of the molecule is O=C(CCc1ccccc1)N1CCC(C(=O)N2CCCN(c3nc4ccccc4[nH]3)CC2)CC1. The summed E-state index contributed by atoms with van der Waals surface area (Å²) in [5.74, 6) is 1.36. The van der Waals surface area contributed by atoms with E-state index in [1.54, 1.807) is 0 Å². The third kappa shape index (κ3) is 5.08. The van der Waals surface area contributed by atoms with Gasteiger partial charge in [-0.3, -0.25) is 9.59 Å². The van der Waals surface area contributed by atoms with Gasteiger partial charge in [-0.25, -0.2) is 4.98 Å². The molecule has 2 aromatic carbocycles. The first-order valence-corrected chi connectivity index (χ1v) is 12.5. The van der Waals surface area contributed by atoms with E-state index in [1.807, 2.05) is 52.3 Å². The van der Waals surface area contributed by atoms with Gasteiger partial charge in [0.25, 0.3) is 0 Å². The Bertz CT molecular complexity index is 1090. The largest absolute Gasteiger partial charge is 0.343 e. The summed E-state index contributed by atoms with van der Waals surface area (Å²) in [4.78, 5) is 40.3. The number of aromatic amines is 1. The summed E-state index contributed by atoms with van der Waals surface area (Å²) < 4.78 is 0. The van der Waals surface area contributed by atoms with Gasteiger partial charge in [0.2, 0.25) is 17.8 Å². The number of aromatic nitrogens is 2. The van der Waals surface area contributed by atoms with E-state index >= 15 is 0 Å². The number of likely N-dealkylation sites (tertiary alicyclic amines) is 1. The number of benzene rings is 2. The third-order valence-electron chi connectivity index (χ3n) is 7.15. The number of carbonyl (C=O) groups is 2. The number of para-hydroxylation sites is 2. The van der Waals surface area contributed by atoms with Crippen molar-refractivity contribution in [3.8, 4) is 0 Å². The van der Waals surface area contributed by atoms with E-state index in [-0.39, 0.29) is 17.7 Å². The highest BCUT2D eigenvalue weighted by molar-refractivity contribution is 5.81. The predicted octanol–water partition coefficient (Wildman–Crippen LogP) is 3.47. The number of nitrogens with one attached hydrogen (secondary N) is 1. The summed E-state index contributed by atoms with van der Waals surface area (Å²) in [7, 11) is 0. The van der Waals surface area contributed by atoms with Crippen molar-refractivity contribution in [1.82, 2.24) is 19.8 Å². The molecule has 0 saturated carbocycles. The van der Waals surface area contributed by atoms with Gasteiger partial charge in [0, 0.05) is 51.6 Å². The molecule has 2 aliphatic rings. The summed E-state index contributed by atoms with van der Waals surface area (Å²) in [5.41, 5.74) is 3.21. The van der Waals surface area contributed by atoms with E-state index < -0.39 is 0 Å². The number of hydrogen-bond acceptors (Lipinski definition) is 4. The number of nitrogens with zero attached hydrogens (tertiary/aromatic N) is 4. The maximum atomic E-state index is 13.3. The van der Waals surface area contributed by atoms with Gasteiger partial charge in [-0.15, -0.1) is 0 Å². The summed E-state index contributed by atoms with van der Waals surface area (Å²) in [6.45, 7) is 4.53. The van der Waals surface area contributed by atoms with Crippen molar-refractivity contribution in [2.24, 2.45) is 5.92 Å². The number of hydrogen-bond donors (Lipinski definition) is 1. The predicted molar refractivity (Wildman–Crippen MR) is 134 cm³/mol. The van der Waals surface area contributed by atoms with Gasteiger partial charge in [-0.05, 0) is 43.4 Å². The first-order valence-electron chi connectivity index (χ1n) is 12.5. The lowest BCUT2D eigenvalue weighted by molar-refractivity contribution is -0.140. The number of rotatable bonds is 5. The van der Waals surface area contributed by atoms with Crippen LogP contribution in [0, 0.1) is 5.92 Å². The van der Waals surface area contributed by atoms with Gasteiger partial charge in [0.05, 0.1) is 11.0 Å². The zero-order valence-corrected chi connectivity index (χ0v) is 19.7. The van der Waals surface area contributed by atoms with Crippen LogP contribution in [0.5, 0.6) is 0 Å². The summed E-state index contributed by atoms with van der Waals surface area (Å²) in [6.07, 6.45) is 3.76. The summed E-state index contributed by atoms with van der Waals surface area (Å²) in [5, 5.41) is 0. The van der Waals surface area contributed by atoms with E-state index in [0.29, 0.717) is 26.1 Å². The van der Waals surface area contributed by atoms with Crippen molar-refractivity contribution >= 4 is 28.8 Å². The molecule has 2 fully saturated rings. The Morgan fingerprint density at radius 1 is 0.853 bits per heavy atom. The molecule has 7 heteroatoms. The van der Waals surface area contributed by atoms with E-state index in [4.69, 9.17) is 4.98 Å². The minimum atomic E-state index is 0.0240. The van der Waals surface area contributed by atoms with Crippen molar-refractivity contribution in [1.29, 1.82) is 0 Å². The molecule has 2 amide bonds.